The number of hydrogen-bond acceptors (Lipinski definition) is 3. The maximum absolute atomic E-state index is 4.33. The van der Waals surface area contributed by atoms with Gasteiger partial charge < -0.3 is 5.32 Å². The van der Waals surface area contributed by atoms with Crippen molar-refractivity contribution < 1.29 is 0 Å². The molecule has 2 rings (SSSR count). The molecule has 0 spiro atoms. The summed E-state index contributed by atoms with van der Waals surface area (Å²) in [6.07, 6.45) is 1.83. The van der Waals surface area contributed by atoms with Gasteiger partial charge in [-0.15, -0.1) is 11.8 Å². The Morgan fingerprint density at radius 2 is 2.17 bits per heavy atom. The van der Waals surface area contributed by atoms with Crippen molar-refractivity contribution in [1.82, 2.24) is 4.98 Å². The molecule has 2 nitrogen and oxygen atoms in total. The SMILES string of the molecule is Cc1cccc(NCCSc2ccc(Br)cn2)c1. The van der Waals surface area contributed by atoms with Gasteiger partial charge in [0, 0.05) is 28.7 Å². The van der Waals surface area contributed by atoms with Gasteiger partial charge in [-0.2, -0.15) is 0 Å². The third-order valence-corrected chi connectivity index (χ3v) is 3.81. The smallest absolute Gasteiger partial charge is 0.0961 e. The molecule has 0 radical (unpaired) electrons. The first-order valence-electron chi connectivity index (χ1n) is 5.79. The minimum atomic E-state index is 0.936. The quantitative estimate of drug-likeness (QED) is 0.654. The second kappa shape index (κ2) is 6.81. The Hall–Kier alpha value is -1.00. The van der Waals surface area contributed by atoms with E-state index in [0.29, 0.717) is 0 Å². The molecule has 0 saturated heterocycles. The van der Waals surface area contributed by atoms with Crippen molar-refractivity contribution in [1.29, 1.82) is 0 Å². The minimum absolute atomic E-state index is 0.936. The zero-order chi connectivity index (χ0) is 12.8. The summed E-state index contributed by atoms with van der Waals surface area (Å²) in [5.74, 6) is 1.00. The maximum Gasteiger partial charge on any atom is 0.0961 e. The van der Waals surface area contributed by atoms with Crippen LogP contribution in [0.25, 0.3) is 0 Å². The molecule has 0 aliphatic heterocycles. The van der Waals surface area contributed by atoms with E-state index >= 15 is 0 Å². The molecular weight excluding hydrogens is 308 g/mol. The fourth-order valence-electron chi connectivity index (χ4n) is 1.55. The van der Waals surface area contributed by atoms with E-state index in [-0.39, 0.29) is 0 Å². The summed E-state index contributed by atoms with van der Waals surface area (Å²) in [6, 6.07) is 12.5. The number of thioether (sulfide) groups is 1. The molecule has 2 aromatic rings. The Kier molecular flexibility index (Phi) is 5.08. The number of rotatable bonds is 5. The number of nitrogens with one attached hydrogen (secondary N) is 1. The van der Waals surface area contributed by atoms with Gasteiger partial charge in [-0.25, -0.2) is 4.98 Å². The molecule has 0 bridgehead atoms. The molecule has 0 fully saturated rings. The van der Waals surface area contributed by atoms with Crippen molar-refractivity contribution in [3.8, 4) is 0 Å². The number of benzene rings is 1. The lowest BCUT2D eigenvalue weighted by molar-refractivity contribution is 1.12. The van der Waals surface area contributed by atoms with Gasteiger partial charge >= 0.3 is 0 Å². The number of pyridine rings is 1. The van der Waals surface area contributed by atoms with Crippen LogP contribution in [-0.2, 0) is 0 Å². The Morgan fingerprint density at radius 3 is 2.89 bits per heavy atom. The highest BCUT2D eigenvalue weighted by Crippen LogP contribution is 2.17. The van der Waals surface area contributed by atoms with Gasteiger partial charge in [-0.1, -0.05) is 12.1 Å². The predicted molar refractivity (Wildman–Crippen MR) is 82.3 cm³/mol. The number of aryl methyl sites for hydroxylation is 1. The molecule has 0 aliphatic rings. The van der Waals surface area contributed by atoms with E-state index in [2.05, 4.69) is 57.4 Å². The highest BCUT2D eigenvalue weighted by Gasteiger charge is 1.96. The van der Waals surface area contributed by atoms with E-state index in [1.54, 1.807) is 11.8 Å². The van der Waals surface area contributed by atoms with Crippen LogP contribution < -0.4 is 5.32 Å². The summed E-state index contributed by atoms with van der Waals surface area (Å²) in [7, 11) is 0. The number of halogens is 1. The van der Waals surface area contributed by atoms with Crippen molar-refractivity contribution in [2.75, 3.05) is 17.6 Å². The third-order valence-electron chi connectivity index (χ3n) is 2.40. The topological polar surface area (TPSA) is 24.9 Å². The van der Waals surface area contributed by atoms with Crippen LogP contribution in [0.4, 0.5) is 5.69 Å². The van der Waals surface area contributed by atoms with Crippen LogP contribution in [0, 0.1) is 6.92 Å². The maximum atomic E-state index is 4.33. The molecule has 1 heterocycles. The van der Waals surface area contributed by atoms with Crippen molar-refractivity contribution >= 4 is 33.4 Å². The molecule has 0 atom stereocenters. The molecule has 0 amide bonds. The summed E-state index contributed by atoms with van der Waals surface area (Å²) in [4.78, 5) is 4.33. The van der Waals surface area contributed by atoms with Gasteiger partial charge in [-0.3, -0.25) is 0 Å². The molecule has 1 aromatic carbocycles. The zero-order valence-electron chi connectivity index (χ0n) is 10.2. The van der Waals surface area contributed by atoms with Crippen molar-refractivity contribution in [3.63, 3.8) is 0 Å². The largest absolute Gasteiger partial charge is 0.384 e. The van der Waals surface area contributed by atoms with E-state index in [4.69, 9.17) is 0 Å². The third kappa shape index (κ3) is 4.35. The van der Waals surface area contributed by atoms with Crippen LogP contribution in [0.15, 0.2) is 52.1 Å². The van der Waals surface area contributed by atoms with Crippen LogP contribution in [0.1, 0.15) is 5.56 Å². The van der Waals surface area contributed by atoms with Gasteiger partial charge in [0.15, 0.2) is 0 Å². The molecule has 0 saturated carbocycles. The predicted octanol–water partition coefficient (Wildman–Crippen LogP) is 4.36. The standard InChI is InChI=1S/C14H15BrN2S/c1-11-3-2-4-13(9-11)16-7-8-18-14-6-5-12(15)10-17-14/h2-6,9-10,16H,7-8H2,1H3. The second-order valence-corrected chi connectivity index (χ2v) is 5.99. The van der Waals surface area contributed by atoms with Gasteiger partial charge in [0.05, 0.1) is 5.03 Å². The fraction of sp³-hybridized carbons (Fsp3) is 0.214. The van der Waals surface area contributed by atoms with Crippen molar-refractivity contribution in [2.45, 2.75) is 11.9 Å². The van der Waals surface area contributed by atoms with Crippen molar-refractivity contribution in [3.05, 3.63) is 52.6 Å². The lowest BCUT2D eigenvalue weighted by Gasteiger charge is -2.06. The molecule has 0 unspecified atom stereocenters. The highest BCUT2D eigenvalue weighted by atomic mass is 79.9. The molecule has 1 aromatic heterocycles. The highest BCUT2D eigenvalue weighted by molar-refractivity contribution is 9.10. The normalized spacial score (nSPS) is 10.3. The lowest BCUT2D eigenvalue weighted by atomic mass is 10.2. The first kappa shape index (κ1) is 13.4. The molecule has 18 heavy (non-hydrogen) atoms. The monoisotopic (exact) mass is 322 g/mol. The number of anilines is 1. The molecular formula is C14H15BrN2S. The van der Waals surface area contributed by atoms with Gasteiger partial charge in [-0.05, 0) is 52.7 Å². The summed E-state index contributed by atoms with van der Waals surface area (Å²) < 4.78 is 1.02. The molecule has 4 heteroatoms. The zero-order valence-corrected chi connectivity index (χ0v) is 12.6. The van der Waals surface area contributed by atoms with Crippen LogP contribution in [-0.4, -0.2) is 17.3 Å². The number of nitrogens with zero attached hydrogens (tertiary/aromatic N) is 1. The summed E-state index contributed by atoms with van der Waals surface area (Å²) in [5, 5.41) is 4.47. The Bertz CT molecular complexity index is 499. The summed E-state index contributed by atoms with van der Waals surface area (Å²) in [6.45, 7) is 3.04. The lowest BCUT2D eigenvalue weighted by Crippen LogP contribution is -2.04. The first-order valence-corrected chi connectivity index (χ1v) is 7.57. The second-order valence-electron chi connectivity index (χ2n) is 3.96. The first-order chi connectivity index (χ1) is 8.74. The van der Waals surface area contributed by atoms with Crippen LogP contribution in [0.3, 0.4) is 0 Å². The van der Waals surface area contributed by atoms with E-state index < -0.39 is 0 Å². The van der Waals surface area contributed by atoms with Gasteiger partial charge in [0.25, 0.3) is 0 Å². The van der Waals surface area contributed by atoms with Gasteiger partial charge in [0.1, 0.15) is 0 Å². The number of hydrogen-bond donors (Lipinski definition) is 1. The molecule has 0 aliphatic carbocycles. The summed E-state index contributed by atoms with van der Waals surface area (Å²) >= 11 is 5.14. The fourth-order valence-corrected chi connectivity index (χ4v) is 2.49. The van der Waals surface area contributed by atoms with Gasteiger partial charge in [0.2, 0.25) is 0 Å². The Balaban J connectivity index is 1.74. The van der Waals surface area contributed by atoms with E-state index in [0.717, 1.165) is 21.8 Å². The minimum Gasteiger partial charge on any atom is -0.384 e. The van der Waals surface area contributed by atoms with Crippen molar-refractivity contribution in [2.24, 2.45) is 0 Å². The average Bonchev–Trinajstić information content (AvgIpc) is 2.37. The molecule has 94 valence electrons. The van der Waals surface area contributed by atoms with Crippen LogP contribution >= 0.6 is 27.7 Å². The van der Waals surface area contributed by atoms with Crippen LogP contribution in [0.2, 0.25) is 0 Å². The average molecular weight is 323 g/mol. The molecule has 1 N–H and O–H groups in total. The number of aromatic nitrogens is 1. The van der Waals surface area contributed by atoms with Crippen LogP contribution in [0.5, 0.6) is 0 Å². The van der Waals surface area contributed by atoms with E-state index in [1.807, 2.05) is 18.3 Å². The Morgan fingerprint density at radius 1 is 1.28 bits per heavy atom. The van der Waals surface area contributed by atoms with E-state index in [1.165, 1.54) is 11.3 Å². The van der Waals surface area contributed by atoms with E-state index in [9.17, 15) is 0 Å². The Labute approximate surface area is 120 Å². The summed E-state index contributed by atoms with van der Waals surface area (Å²) in [5.41, 5.74) is 2.46.